The second kappa shape index (κ2) is 7.90. The molecule has 158 valence electrons. The zero-order valence-corrected chi connectivity index (χ0v) is 18.3. The lowest BCUT2D eigenvalue weighted by molar-refractivity contribution is 0.169. The molecule has 1 heterocycles. The fourth-order valence-corrected chi connectivity index (χ4v) is 6.08. The van der Waals surface area contributed by atoms with E-state index in [2.05, 4.69) is 58.9 Å². The Morgan fingerprint density at radius 1 is 1.13 bits per heavy atom. The molecule has 1 aliphatic heterocycles. The first-order valence-corrected chi connectivity index (χ1v) is 11.6. The summed E-state index contributed by atoms with van der Waals surface area (Å²) in [5, 5.41) is 6.90. The lowest BCUT2D eigenvalue weighted by Gasteiger charge is -2.40. The first-order chi connectivity index (χ1) is 14.6. The number of fused-ring (bicyclic) bond motifs is 8. The highest BCUT2D eigenvalue weighted by Crippen LogP contribution is 2.60. The average molecular weight is 424 g/mol. The molecule has 2 atom stereocenters. The SMILES string of the molecule is CCCNC(=O)NC1CCN(CC23CC(c4ccccc42)c2ccc(Cl)cc23)CC1. The number of amides is 2. The molecular weight excluding hydrogens is 394 g/mol. The van der Waals surface area contributed by atoms with Crippen molar-refractivity contribution in [2.45, 2.75) is 50.0 Å². The molecule has 5 heteroatoms. The molecule has 4 nitrogen and oxygen atoms in total. The molecule has 2 amide bonds. The zero-order chi connectivity index (χ0) is 20.7. The predicted molar refractivity (Wildman–Crippen MR) is 121 cm³/mol. The number of halogens is 1. The molecule has 1 fully saturated rings. The van der Waals surface area contributed by atoms with Gasteiger partial charge in [-0.3, -0.25) is 0 Å². The molecule has 3 aliphatic rings. The number of nitrogens with one attached hydrogen (secondary N) is 2. The number of carbonyl (C=O) groups is 1. The van der Waals surface area contributed by atoms with E-state index in [-0.39, 0.29) is 17.5 Å². The number of rotatable bonds is 5. The van der Waals surface area contributed by atoms with E-state index in [1.54, 1.807) is 0 Å². The average Bonchev–Trinajstić information content (AvgIpc) is 3.25. The van der Waals surface area contributed by atoms with Crippen LogP contribution in [0, 0.1) is 0 Å². The van der Waals surface area contributed by atoms with Crippen LogP contribution in [0.25, 0.3) is 0 Å². The second-order valence-electron chi connectivity index (χ2n) is 9.11. The van der Waals surface area contributed by atoms with Crippen molar-refractivity contribution in [1.82, 2.24) is 15.5 Å². The lowest BCUT2D eigenvalue weighted by atomic mass is 9.74. The van der Waals surface area contributed by atoms with Crippen molar-refractivity contribution >= 4 is 17.6 Å². The second-order valence-corrected chi connectivity index (χ2v) is 9.54. The highest BCUT2D eigenvalue weighted by atomic mass is 35.5. The first kappa shape index (κ1) is 19.9. The fraction of sp³-hybridized carbons (Fsp3) is 0.480. The Morgan fingerprint density at radius 2 is 1.90 bits per heavy atom. The number of hydrogen-bond donors (Lipinski definition) is 2. The Balaban J connectivity index is 1.33. The van der Waals surface area contributed by atoms with Gasteiger partial charge >= 0.3 is 6.03 Å². The van der Waals surface area contributed by atoms with Gasteiger partial charge in [-0.05, 0) is 60.1 Å². The predicted octanol–water partition coefficient (Wildman–Crippen LogP) is 4.65. The number of piperidine rings is 1. The van der Waals surface area contributed by atoms with E-state index in [0.717, 1.165) is 56.9 Å². The minimum atomic E-state index is -0.0270. The Kier molecular flexibility index (Phi) is 5.24. The largest absolute Gasteiger partial charge is 0.338 e. The molecule has 0 radical (unpaired) electrons. The van der Waals surface area contributed by atoms with Crippen molar-refractivity contribution in [3.05, 3.63) is 69.7 Å². The van der Waals surface area contributed by atoms with Gasteiger partial charge in [0.2, 0.25) is 0 Å². The van der Waals surface area contributed by atoms with E-state index in [9.17, 15) is 4.79 Å². The van der Waals surface area contributed by atoms with E-state index in [1.807, 2.05) is 6.07 Å². The maximum Gasteiger partial charge on any atom is 0.315 e. The van der Waals surface area contributed by atoms with Crippen LogP contribution >= 0.6 is 11.6 Å². The highest BCUT2D eigenvalue weighted by Gasteiger charge is 2.53. The van der Waals surface area contributed by atoms with Gasteiger partial charge in [0.25, 0.3) is 0 Å². The summed E-state index contributed by atoms with van der Waals surface area (Å²) in [6, 6.07) is 15.7. The maximum absolute atomic E-state index is 12.0. The molecule has 0 spiro atoms. The van der Waals surface area contributed by atoms with Gasteiger partial charge in [-0.15, -0.1) is 0 Å². The normalized spacial score (nSPS) is 25.1. The molecule has 2 aromatic rings. The van der Waals surface area contributed by atoms with Gasteiger partial charge in [0, 0.05) is 48.6 Å². The summed E-state index contributed by atoms with van der Waals surface area (Å²) in [4.78, 5) is 14.6. The minimum absolute atomic E-state index is 0.0270. The number of nitrogens with zero attached hydrogens (tertiary/aromatic N) is 1. The van der Waals surface area contributed by atoms with Crippen LogP contribution in [-0.2, 0) is 5.41 Å². The van der Waals surface area contributed by atoms with Gasteiger partial charge in [-0.25, -0.2) is 4.79 Å². The maximum atomic E-state index is 12.0. The van der Waals surface area contributed by atoms with Gasteiger partial charge in [-0.2, -0.15) is 0 Å². The van der Waals surface area contributed by atoms with E-state index in [0.29, 0.717) is 5.92 Å². The van der Waals surface area contributed by atoms with E-state index in [1.165, 1.54) is 22.3 Å². The number of urea groups is 1. The smallest absolute Gasteiger partial charge is 0.315 e. The van der Waals surface area contributed by atoms with Crippen LogP contribution in [-0.4, -0.2) is 43.2 Å². The number of carbonyl (C=O) groups excluding carboxylic acids is 1. The van der Waals surface area contributed by atoms with Gasteiger partial charge in [-0.1, -0.05) is 48.9 Å². The van der Waals surface area contributed by atoms with Crippen molar-refractivity contribution in [2.75, 3.05) is 26.2 Å². The minimum Gasteiger partial charge on any atom is -0.338 e. The van der Waals surface area contributed by atoms with Crippen LogP contribution in [0.2, 0.25) is 5.02 Å². The van der Waals surface area contributed by atoms with Gasteiger partial charge in [0.05, 0.1) is 0 Å². The van der Waals surface area contributed by atoms with Crippen LogP contribution < -0.4 is 10.6 Å². The van der Waals surface area contributed by atoms with Crippen molar-refractivity contribution in [3.8, 4) is 0 Å². The topological polar surface area (TPSA) is 44.4 Å². The van der Waals surface area contributed by atoms with Crippen LogP contribution in [0.3, 0.4) is 0 Å². The number of benzene rings is 2. The van der Waals surface area contributed by atoms with Crippen LogP contribution in [0.1, 0.15) is 60.8 Å². The van der Waals surface area contributed by atoms with Gasteiger partial charge in [0.15, 0.2) is 0 Å². The molecule has 2 aromatic carbocycles. The molecule has 2 N–H and O–H groups in total. The van der Waals surface area contributed by atoms with E-state index < -0.39 is 0 Å². The summed E-state index contributed by atoms with van der Waals surface area (Å²) in [5.74, 6) is 0.495. The summed E-state index contributed by atoms with van der Waals surface area (Å²) in [6.07, 6.45) is 4.12. The number of likely N-dealkylation sites (tertiary alicyclic amines) is 1. The first-order valence-electron chi connectivity index (χ1n) is 11.3. The molecular formula is C25H30ClN3O. The summed E-state index contributed by atoms with van der Waals surface area (Å²) in [5.41, 5.74) is 5.92. The number of hydrogen-bond acceptors (Lipinski definition) is 2. The highest BCUT2D eigenvalue weighted by molar-refractivity contribution is 6.30. The lowest BCUT2D eigenvalue weighted by Crippen LogP contribution is -2.50. The molecule has 1 saturated heterocycles. The van der Waals surface area contributed by atoms with E-state index in [4.69, 9.17) is 11.6 Å². The van der Waals surface area contributed by atoms with Crippen molar-refractivity contribution in [1.29, 1.82) is 0 Å². The van der Waals surface area contributed by atoms with Crippen molar-refractivity contribution in [3.63, 3.8) is 0 Å². The van der Waals surface area contributed by atoms with Crippen molar-refractivity contribution < 1.29 is 4.79 Å². The Bertz CT molecular complexity index is 953. The van der Waals surface area contributed by atoms with E-state index >= 15 is 0 Å². The molecule has 5 rings (SSSR count). The fourth-order valence-electron chi connectivity index (χ4n) is 5.91. The van der Waals surface area contributed by atoms with Crippen LogP contribution in [0.15, 0.2) is 42.5 Å². The third kappa shape index (κ3) is 3.30. The van der Waals surface area contributed by atoms with Crippen LogP contribution in [0.4, 0.5) is 4.79 Å². The monoisotopic (exact) mass is 423 g/mol. The Morgan fingerprint density at radius 3 is 2.70 bits per heavy atom. The molecule has 2 aliphatic carbocycles. The summed E-state index contributed by atoms with van der Waals surface area (Å²) in [7, 11) is 0. The Hall–Kier alpha value is -2.04. The van der Waals surface area contributed by atoms with Gasteiger partial charge < -0.3 is 15.5 Å². The van der Waals surface area contributed by atoms with Crippen molar-refractivity contribution in [2.24, 2.45) is 0 Å². The third-order valence-electron chi connectivity index (χ3n) is 7.26. The molecule has 2 bridgehead atoms. The third-order valence-corrected chi connectivity index (χ3v) is 7.50. The zero-order valence-electron chi connectivity index (χ0n) is 17.6. The van der Waals surface area contributed by atoms with Crippen LogP contribution in [0.5, 0.6) is 0 Å². The Labute approximate surface area is 184 Å². The molecule has 30 heavy (non-hydrogen) atoms. The molecule has 0 saturated carbocycles. The summed E-state index contributed by atoms with van der Waals surface area (Å²) < 4.78 is 0. The molecule has 2 unspecified atom stereocenters. The summed E-state index contributed by atoms with van der Waals surface area (Å²) in [6.45, 7) is 5.86. The van der Waals surface area contributed by atoms with Gasteiger partial charge in [0.1, 0.15) is 0 Å². The standard InChI is InChI=1S/C25H30ClN3O/c1-2-11-27-24(30)28-18-9-12-29(13-10-18)16-25-15-21(19-5-3-4-6-22(19)25)20-8-7-17(26)14-23(20)25/h3-8,14,18,21H,2,9-13,15-16H2,1H3,(H2,27,28,30). The quantitative estimate of drug-likeness (QED) is 0.735. The summed E-state index contributed by atoms with van der Waals surface area (Å²) >= 11 is 6.44. The molecule has 0 aromatic heterocycles.